The summed E-state index contributed by atoms with van der Waals surface area (Å²) >= 11 is 0. The molecule has 1 amide bonds. The van der Waals surface area contributed by atoms with E-state index in [0.717, 1.165) is 13.0 Å². The van der Waals surface area contributed by atoms with E-state index in [1.165, 1.54) is 11.1 Å². The molecule has 0 radical (unpaired) electrons. The molecule has 0 spiro atoms. The predicted octanol–water partition coefficient (Wildman–Crippen LogP) is 2.92. The Morgan fingerprint density at radius 1 is 1.35 bits per heavy atom. The Hall–Kier alpha value is -1.55. The van der Waals surface area contributed by atoms with E-state index >= 15 is 0 Å². The normalized spacial score (nSPS) is 22.6. The number of ether oxygens (including phenoxy) is 1. The summed E-state index contributed by atoms with van der Waals surface area (Å²) in [5.74, 6) is 0. The lowest BCUT2D eigenvalue weighted by molar-refractivity contribution is 0.0500. The second-order valence-corrected chi connectivity index (χ2v) is 6.33. The molecule has 1 aromatic carbocycles. The van der Waals surface area contributed by atoms with Gasteiger partial charge in [0.15, 0.2) is 0 Å². The first-order valence-electron chi connectivity index (χ1n) is 7.15. The van der Waals surface area contributed by atoms with Crippen LogP contribution in [0.5, 0.6) is 0 Å². The summed E-state index contributed by atoms with van der Waals surface area (Å²) in [6.07, 6.45) is 0.572. The van der Waals surface area contributed by atoms with Crippen molar-refractivity contribution in [2.45, 2.75) is 51.8 Å². The molecular formula is C16H24N2O2. The van der Waals surface area contributed by atoms with Crippen LogP contribution in [-0.4, -0.2) is 24.3 Å². The van der Waals surface area contributed by atoms with Crippen molar-refractivity contribution in [1.82, 2.24) is 10.6 Å². The molecule has 1 aliphatic heterocycles. The van der Waals surface area contributed by atoms with Gasteiger partial charge in [0.1, 0.15) is 5.60 Å². The first kappa shape index (κ1) is 14.9. The van der Waals surface area contributed by atoms with Crippen LogP contribution in [0.25, 0.3) is 0 Å². The molecule has 1 aromatic rings. The van der Waals surface area contributed by atoms with E-state index in [0.29, 0.717) is 0 Å². The van der Waals surface area contributed by atoms with Gasteiger partial charge in [-0.2, -0.15) is 0 Å². The number of alkyl carbamates (subject to hydrolysis) is 1. The van der Waals surface area contributed by atoms with Crippen LogP contribution in [0.3, 0.4) is 0 Å². The summed E-state index contributed by atoms with van der Waals surface area (Å²) in [6, 6.07) is 8.51. The molecule has 4 nitrogen and oxygen atoms in total. The van der Waals surface area contributed by atoms with Gasteiger partial charge in [-0.15, -0.1) is 0 Å². The SMILES string of the molecule is Cc1ccccc1C1NCCC1NC(=O)OC(C)(C)C. The molecule has 2 N–H and O–H groups in total. The fourth-order valence-corrected chi connectivity index (χ4v) is 2.58. The van der Waals surface area contributed by atoms with Gasteiger partial charge in [-0.25, -0.2) is 4.79 Å². The van der Waals surface area contributed by atoms with Crippen molar-refractivity contribution in [3.8, 4) is 0 Å². The number of hydrogen-bond acceptors (Lipinski definition) is 3. The Labute approximate surface area is 120 Å². The Balaban J connectivity index is 2.05. The standard InChI is InChI=1S/C16H24N2O2/c1-11-7-5-6-8-12(11)14-13(9-10-17-14)18-15(19)20-16(2,3)4/h5-8,13-14,17H,9-10H2,1-4H3,(H,18,19). The van der Waals surface area contributed by atoms with Gasteiger partial charge in [-0.1, -0.05) is 24.3 Å². The van der Waals surface area contributed by atoms with Crippen LogP contribution in [-0.2, 0) is 4.74 Å². The number of nitrogens with one attached hydrogen (secondary N) is 2. The zero-order valence-electron chi connectivity index (χ0n) is 12.7. The minimum Gasteiger partial charge on any atom is -0.444 e. The third-order valence-electron chi connectivity index (χ3n) is 3.45. The number of aryl methyl sites for hydroxylation is 1. The van der Waals surface area contributed by atoms with Gasteiger partial charge in [0.05, 0.1) is 12.1 Å². The Morgan fingerprint density at radius 2 is 2.05 bits per heavy atom. The Kier molecular flexibility index (Phi) is 4.33. The molecule has 1 heterocycles. The molecule has 1 saturated heterocycles. The van der Waals surface area contributed by atoms with Crippen molar-refractivity contribution < 1.29 is 9.53 Å². The zero-order valence-corrected chi connectivity index (χ0v) is 12.7. The molecule has 1 fully saturated rings. The molecule has 110 valence electrons. The van der Waals surface area contributed by atoms with Crippen LogP contribution in [0, 0.1) is 6.92 Å². The first-order chi connectivity index (χ1) is 9.37. The lowest BCUT2D eigenvalue weighted by Gasteiger charge is -2.25. The van der Waals surface area contributed by atoms with Gasteiger partial charge in [0.2, 0.25) is 0 Å². The van der Waals surface area contributed by atoms with Crippen molar-refractivity contribution in [1.29, 1.82) is 0 Å². The van der Waals surface area contributed by atoms with Gasteiger partial charge in [0, 0.05) is 0 Å². The first-order valence-corrected chi connectivity index (χ1v) is 7.15. The Morgan fingerprint density at radius 3 is 2.70 bits per heavy atom. The molecule has 0 aliphatic carbocycles. The maximum Gasteiger partial charge on any atom is 0.407 e. The molecule has 2 rings (SSSR count). The van der Waals surface area contributed by atoms with Crippen molar-refractivity contribution in [2.24, 2.45) is 0 Å². The van der Waals surface area contributed by atoms with Gasteiger partial charge in [-0.3, -0.25) is 0 Å². The van der Waals surface area contributed by atoms with Crippen LogP contribution >= 0.6 is 0 Å². The Bertz CT molecular complexity index is 480. The molecule has 2 atom stereocenters. The number of hydrogen-bond donors (Lipinski definition) is 2. The zero-order chi connectivity index (χ0) is 14.8. The molecule has 1 aliphatic rings. The number of benzene rings is 1. The summed E-state index contributed by atoms with van der Waals surface area (Å²) in [7, 11) is 0. The summed E-state index contributed by atoms with van der Waals surface area (Å²) in [6.45, 7) is 8.62. The quantitative estimate of drug-likeness (QED) is 0.873. The smallest absolute Gasteiger partial charge is 0.407 e. The predicted molar refractivity (Wildman–Crippen MR) is 79.7 cm³/mol. The molecule has 4 heteroatoms. The second-order valence-electron chi connectivity index (χ2n) is 6.33. The maximum atomic E-state index is 11.9. The number of carbonyl (C=O) groups is 1. The fraction of sp³-hybridized carbons (Fsp3) is 0.562. The molecule has 2 unspecified atom stereocenters. The van der Waals surface area contributed by atoms with Crippen LogP contribution in [0.1, 0.15) is 44.4 Å². The van der Waals surface area contributed by atoms with Crippen LogP contribution in [0.15, 0.2) is 24.3 Å². The summed E-state index contributed by atoms with van der Waals surface area (Å²) in [5.41, 5.74) is 2.02. The second kappa shape index (κ2) is 5.83. The molecule has 0 bridgehead atoms. The van der Waals surface area contributed by atoms with Crippen molar-refractivity contribution in [2.75, 3.05) is 6.54 Å². The van der Waals surface area contributed by atoms with E-state index in [1.54, 1.807) is 0 Å². The van der Waals surface area contributed by atoms with Gasteiger partial charge in [0.25, 0.3) is 0 Å². The van der Waals surface area contributed by atoms with Crippen LogP contribution < -0.4 is 10.6 Å². The largest absolute Gasteiger partial charge is 0.444 e. The van der Waals surface area contributed by atoms with E-state index < -0.39 is 5.60 Å². The van der Waals surface area contributed by atoms with E-state index in [4.69, 9.17) is 4.74 Å². The van der Waals surface area contributed by atoms with Gasteiger partial charge < -0.3 is 15.4 Å². The van der Waals surface area contributed by atoms with E-state index in [2.05, 4.69) is 29.7 Å². The summed E-state index contributed by atoms with van der Waals surface area (Å²) in [4.78, 5) is 11.9. The minimum atomic E-state index is -0.464. The molecule has 0 saturated carbocycles. The highest BCUT2D eigenvalue weighted by atomic mass is 16.6. The van der Waals surface area contributed by atoms with Gasteiger partial charge >= 0.3 is 6.09 Å². The van der Waals surface area contributed by atoms with Gasteiger partial charge in [-0.05, 0) is 51.8 Å². The average molecular weight is 276 g/mol. The topological polar surface area (TPSA) is 50.4 Å². The van der Waals surface area contributed by atoms with E-state index in [-0.39, 0.29) is 18.2 Å². The third-order valence-corrected chi connectivity index (χ3v) is 3.45. The fourth-order valence-electron chi connectivity index (χ4n) is 2.58. The number of amides is 1. The molecular weight excluding hydrogens is 252 g/mol. The van der Waals surface area contributed by atoms with Crippen LogP contribution in [0.4, 0.5) is 4.79 Å². The molecule has 0 aromatic heterocycles. The maximum absolute atomic E-state index is 11.9. The summed E-state index contributed by atoms with van der Waals surface area (Å²) < 4.78 is 5.34. The minimum absolute atomic E-state index is 0.0750. The highest BCUT2D eigenvalue weighted by molar-refractivity contribution is 5.68. The van der Waals surface area contributed by atoms with Crippen molar-refractivity contribution >= 4 is 6.09 Å². The number of rotatable bonds is 2. The monoisotopic (exact) mass is 276 g/mol. The highest BCUT2D eigenvalue weighted by Crippen LogP contribution is 2.26. The highest BCUT2D eigenvalue weighted by Gasteiger charge is 2.31. The average Bonchev–Trinajstić information content (AvgIpc) is 2.75. The van der Waals surface area contributed by atoms with Crippen LogP contribution in [0.2, 0.25) is 0 Å². The van der Waals surface area contributed by atoms with Crippen molar-refractivity contribution in [3.63, 3.8) is 0 Å². The van der Waals surface area contributed by atoms with Crippen molar-refractivity contribution in [3.05, 3.63) is 35.4 Å². The van der Waals surface area contributed by atoms with E-state index in [1.807, 2.05) is 32.9 Å². The molecule has 20 heavy (non-hydrogen) atoms. The van der Waals surface area contributed by atoms with E-state index in [9.17, 15) is 4.79 Å². The summed E-state index contributed by atoms with van der Waals surface area (Å²) in [5, 5.41) is 6.45. The number of carbonyl (C=O) groups excluding carboxylic acids is 1. The third kappa shape index (κ3) is 3.73. The lowest BCUT2D eigenvalue weighted by Crippen LogP contribution is -2.41. The lowest BCUT2D eigenvalue weighted by atomic mass is 9.97.